The maximum Gasteiger partial charge on any atom is 0.319 e. The number of nitrogens with one attached hydrogen (secondary N) is 4. The lowest BCUT2D eigenvalue weighted by Crippen LogP contribution is -2.41. The van der Waals surface area contributed by atoms with E-state index < -0.39 is 6.10 Å². The second-order valence-electron chi connectivity index (χ2n) is 11.0. The Morgan fingerprint density at radius 3 is 2.71 bits per heavy atom. The minimum atomic E-state index is -0.419. The maximum absolute atomic E-state index is 14.1. The number of ether oxygens (including phenoxy) is 1. The highest BCUT2D eigenvalue weighted by atomic mass is 19.1. The molecule has 4 N–H and O–H groups in total. The molecule has 3 aromatic rings. The fourth-order valence-corrected chi connectivity index (χ4v) is 5.89. The van der Waals surface area contributed by atoms with E-state index in [0.717, 1.165) is 16.8 Å². The first-order valence-electron chi connectivity index (χ1n) is 15.0. The molecule has 12 heteroatoms. The zero-order chi connectivity index (χ0) is 31.8. The van der Waals surface area contributed by atoms with Gasteiger partial charge in [-0.3, -0.25) is 9.83 Å². The van der Waals surface area contributed by atoms with Crippen molar-refractivity contribution >= 4 is 23.2 Å². The van der Waals surface area contributed by atoms with Crippen LogP contribution in [-0.2, 0) is 9.57 Å². The van der Waals surface area contributed by atoms with Gasteiger partial charge in [0.2, 0.25) is 0 Å². The molecular formula is C33H39FN8O3. The van der Waals surface area contributed by atoms with Crippen LogP contribution in [0.2, 0.25) is 0 Å². The second kappa shape index (κ2) is 15.0. The number of amides is 2. The number of carbonyl (C=O) groups excluding carboxylic acids is 1. The van der Waals surface area contributed by atoms with Crippen molar-refractivity contribution < 1.29 is 18.8 Å². The number of aliphatic imine (C=N–C) groups is 1. The van der Waals surface area contributed by atoms with E-state index in [1.54, 1.807) is 37.6 Å². The minimum Gasteiger partial charge on any atom is -0.383 e. The number of urea groups is 1. The van der Waals surface area contributed by atoms with Gasteiger partial charge in [-0.05, 0) is 48.2 Å². The SMILES string of the molecule is CNc1ncc(C2=NCCC(c3ccccc3)C(NC(=O)NC[C@@H]3CN(CCOC)O[C@H]3c3cccc(F)c3)=C2C)cc1N=N. The first-order valence-corrected chi connectivity index (χ1v) is 15.0. The van der Waals surface area contributed by atoms with Crippen LogP contribution >= 0.6 is 0 Å². The Kier molecular flexibility index (Phi) is 10.6. The zero-order valence-corrected chi connectivity index (χ0v) is 25.7. The number of methoxy groups -OCH3 is 1. The number of halogens is 1. The monoisotopic (exact) mass is 614 g/mol. The van der Waals surface area contributed by atoms with E-state index in [1.165, 1.54) is 12.1 Å². The number of benzene rings is 2. The second-order valence-corrected chi connectivity index (χ2v) is 11.0. The van der Waals surface area contributed by atoms with E-state index in [2.05, 4.69) is 38.2 Å². The molecule has 11 nitrogen and oxygen atoms in total. The molecule has 2 aliphatic heterocycles. The lowest BCUT2D eigenvalue weighted by Gasteiger charge is -2.23. The fraction of sp³-hybridized carbons (Fsp3) is 0.364. The number of allylic oxidation sites excluding steroid dienone is 2. The molecule has 5 rings (SSSR count). The largest absolute Gasteiger partial charge is 0.383 e. The van der Waals surface area contributed by atoms with Crippen LogP contribution in [0.4, 0.5) is 20.7 Å². The molecule has 1 aromatic heterocycles. The summed E-state index contributed by atoms with van der Waals surface area (Å²) in [5, 5.41) is 14.6. The number of pyridine rings is 1. The van der Waals surface area contributed by atoms with Crippen molar-refractivity contribution in [2.24, 2.45) is 16.0 Å². The van der Waals surface area contributed by atoms with Crippen molar-refractivity contribution in [3.8, 4) is 0 Å². The van der Waals surface area contributed by atoms with Crippen LogP contribution in [0.1, 0.15) is 42.1 Å². The molecule has 45 heavy (non-hydrogen) atoms. The van der Waals surface area contributed by atoms with Crippen LogP contribution in [0, 0.1) is 17.3 Å². The molecule has 2 aliphatic rings. The number of hydrogen-bond acceptors (Lipinski definition) is 9. The highest BCUT2D eigenvalue weighted by Crippen LogP contribution is 2.35. The summed E-state index contributed by atoms with van der Waals surface area (Å²) in [4.78, 5) is 29.1. The third-order valence-corrected chi connectivity index (χ3v) is 8.12. The summed E-state index contributed by atoms with van der Waals surface area (Å²) < 4.78 is 19.3. The number of anilines is 1. The van der Waals surface area contributed by atoms with E-state index in [1.807, 2.05) is 31.2 Å². The molecule has 0 radical (unpaired) electrons. The van der Waals surface area contributed by atoms with Crippen LogP contribution < -0.4 is 16.0 Å². The summed E-state index contributed by atoms with van der Waals surface area (Å²) in [5.74, 6) is -0.0694. The lowest BCUT2D eigenvalue weighted by atomic mass is 9.89. The van der Waals surface area contributed by atoms with E-state index in [9.17, 15) is 9.18 Å². The van der Waals surface area contributed by atoms with Crippen molar-refractivity contribution in [2.45, 2.75) is 25.4 Å². The minimum absolute atomic E-state index is 0.109. The van der Waals surface area contributed by atoms with E-state index in [4.69, 9.17) is 20.1 Å². The van der Waals surface area contributed by atoms with Gasteiger partial charge in [-0.15, -0.1) is 0 Å². The molecule has 236 valence electrons. The number of hydroxylamine groups is 2. The predicted molar refractivity (Wildman–Crippen MR) is 170 cm³/mol. The van der Waals surface area contributed by atoms with Gasteiger partial charge in [0.05, 0.1) is 12.3 Å². The van der Waals surface area contributed by atoms with Gasteiger partial charge in [0, 0.05) is 69.6 Å². The lowest BCUT2D eigenvalue weighted by molar-refractivity contribution is -0.155. The smallest absolute Gasteiger partial charge is 0.319 e. The van der Waals surface area contributed by atoms with E-state index in [0.29, 0.717) is 67.6 Å². The average Bonchev–Trinajstić information content (AvgIpc) is 3.41. The molecule has 0 saturated carbocycles. The van der Waals surface area contributed by atoms with Gasteiger partial charge in [0.1, 0.15) is 17.6 Å². The summed E-state index contributed by atoms with van der Waals surface area (Å²) in [5.41, 5.74) is 12.7. The molecule has 1 saturated heterocycles. The first-order chi connectivity index (χ1) is 21.9. The number of nitrogens with zero attached hydrogens (tertiary/aromatic N) is 4. The molecule has 2 aromatic carbocycles. The van der Waals surface area contributed by atoms with Gasteiger partial charge in [0.25, 0.3) is 0 Å². The van der Waals surface area contributed by atoms with Gasteiger partial charge < -0.3 is 20.7 Å². The summed E-state index contributed by atoms with van der Waals surface area (Å²) in [6, 6.07) is 17.8. The Bertz CT molecular complexity index is 1560. The molecule has 3 heterocycles. The quantitative estimate of drug-likeness (QED) is 0.204. The third kappa shape index (κ3) is 7.59. The molecule has 3 atom stereocenters. The summed E-state index contributed by atoms with van der Waals surface area (Å²) in [6.45, 7) is 4.37. The number of hydrogen-bond donors (Lipinski definition) is 4. The summed E-state index contributed by atoms with van der Waals surface area (Å²) >= 11 is 0. The zero-order valence-electron chi connectivity index (χ0n) is 25.7. The molecule has 2 amide bonds. The van der Waals surface area contributed by atoms with E-state index >= 15 is 0 Å². The predicted octanol–water partition coefficient (Wildman–Crippen LogP) is 5.73. The first kappa shape index (κ1) is 31.9. The Labute approximate surface area is 262 Å². The van der Waals surface area contributed by atoms with Gasteiger partial charge in [-0.2, -0.15) is 10.2 Å². The van der Waals surface area contributed by atoms with Crippen molar-refractivity contribution in [2.75, 3.05) is 52.3 Å². The third-order valence-electron chi connectivity index (χ3n) is 8.12. The number of carbonyl (C=O) groups is 1. The molecule has 0 spiro atoms. The van der Waals surface area contributed by atoms with Gasteiger partial charge >= 0.3 is 6.03 Å². The normalized spacial score (nSPS) is 20.4. The average molecular weight is 615 g/mol. The van der Waals surface area contributed by atoms with Gasteiger partial charge in [-0.25, -0.2) is 19.7 Å². The molecular weight excluding hydrogens is 575 g/mol. The number of rotatable bonds is 11. The van der Waals surface area contributed by atoms with E-state index in [-0.39, 0.29) is 23.7 Å². The fourth-order valence-electron chi connectivity index (χ4n) is 5.89. The molecule has 0 aliphatic carbocycles. The Morgan fingerprint density at radius 1 is 1.18 bits per heavy atom. The van der Waals surface area contributed by atoms with Crippen LogP contribution in [0.3, 0.4) is 0 Å². The van der Waals surface area contributed by atoms with Crippen LogP contribution in [0.25, 0.3) is 0 Å². The number of aromatic nitrogens is 1. The Hall–Kier alpha value is -4.52. The van der Waals surface area contributed by atoms with Crippen LogP contribution in [0.5, 0.6) is 0 Å². The molecule has 1 fully saturated rings. The maximum atomic E-state index is 14.1. The van der Waals surface area contributed by atoms with Crippen molar-refractivity contribution in [1.29, 1.82) is 5.53 Å². The van der Waals surface area contributed by atoms with Crippen LogP contribution in [-0.4, -0.2) is 68.7 Å². The van der Waals surface area contributed by atoms with Crippen molar-refractivity contribution in [3.05, 3.63) is 101 Å². The van der Waals surface area contributed by atoms with Crippen molar-refractivity contribution in [1.82, 2.24) is 20.7 Å². The van der Waals surface area contributed by atoms with Crippen molar-refractivity contribution in [3.63, 3.8) is 0 Å². The highest BCUT2D eigenvalue weighted by Gasteiger charge is 2.36. The van der Waals surface area contributed by atoms with Gasteiger partial charge in [-0.1, -0.05) is 42.5 Å². The highest BCUT2D eigenvalue weighted by molar-refractivity contribution is 6.13. The molecule has 0 bridgehead atoms. The standard InChI is InChI=1S/C33H39FN8O3/c1-21-29(24-17-28(41-35)32(36-2)38-18-24)37-13-12-27(22-8-5-4-6-9-22)30(21)40-33(43)39-19-25-20-42(14-15-44-3)45-31(25)23-10-7-11-26(34)16-23/h4-11,16-18,25,27,31,35H,12-15,19-20H2,1-3H3,(H,36,38)(H2,39,40,43)/t25-,27?,31+/m1/s1. The Morgan fingerprint density at radius 2 is 1.98 bits per heavy atom. The Balaban J connectivity index is 1.39. The topological polar surface area (TPSA) is 136 Å². The van der Waals surface area contributed by atoms with Crippen LogP contribution in [0.15, 0.2) is 88.2 Å². The van der Waals surface area contributed by atoms with Gasteiger partial charge in [0.15, 0.2) is 5.82 Å². The molecule has 1 unspecified atom stereocenters. The summed E-state index contributed by atoms with van der Waals surface area (Å²) in [7, 11) is 3.36. The summed E-state index contributed by atoms with van der Waals surface area (Å²) in [6.07, 6.45) is 1.97.